The van der Waals surface area contributed by atoms with Gasteiger partial charge in [0.15, 0.2) is 0 Å². The maximum absolute atomic E-state index is 12.2. The summed E-state index contributed by atoms with van der Waals surface area (Å²) >= 11 is 0. The zero-order chi connectivity index (χ0) is 14.2. The summed E-state index contributed by atoms with van der Waals surface area (Å²) in [4.78, 5) is 22.6. The van der Waals surface area contributed by atoms with E-state index in [1.807, 2.05) is 4.90 Å². The van der Waals surface area contributed by atoms with Crippen LogP contribution in [0.1, 0.15) is 55.8 Å². The number of aromatic nitrogens is 2. The Hall–Kier alpha value is -1.65. The Bertz CT molecular complexity index is 412. The van der Waals surface area contributed by atoms with Crippen molar-refractivity contribution in [1.29, 1.82) is 0 Å². The summed E-state index contributed by atoms with van der Waals surface area (Å²) in [5.41, 5.74) is 0.589. The summed E-state index contributed by atoms with van der Waals surface area (Å²) in [5, 5.41) is 3.18. The van der Waals surface area contributed by atoms with Gasteiger partial charge in [0.1, 0.15) is 0 Å². The van der Waals surface area contributed by atoms with Gasteiger partial charge in [-0.15, -0.1) is 0 Å². The number of piperidine rings is 1. The van der Waals surface area contributed by atoms with E-state index in [4.69, 9.17) is 0 Å². The number of likely N-dealkylation sites (tertiary alicyclic amines) is 1. The fourth-order valence-corrected chi connectivity index (χ4v) is 2.38. The van der Waals surface area contributed by atoms with Crippen LogP contribution in [0, 0.1) is 0 Å². The highest BCUT2D eigenvalue weighted by Crippen LogP contribution is 2.12. The monoisotopic (exact) mass is 276 g/mol. The number of rotatable bonds is 6. The van der Waals surface area contributed by atoms with Crippen LogP contribution in [0.15, 0.2) is 12.4 Å². The Morgan fingerprint density at radius 3 is 2.55 bits per heavy atom. The molecule has 2 heterocycles. The molecule has 0 aromatic carbocycles. The van der Waals surface area contributed by atoms with Gasteiger partial charge in [-0.25, -0.2) is 9.97 Å². The minimum atomic E-state index is 0.0576. The Morgan fingerprint density at radius 1 is 1.20 bits per heavy atom. The molecule has 110 valence electrons. The van der Waals surface area contributed by atoms with Gasteiger partial charge < -0.3 is 10.2 Å². The number of anilines is 1. The molecule has 5 heteroatoms. The van der Waals surface area contributed by atoms with Gasteiger partial charge in [0.25, 0.3) is 5.91 Å². The van der Waals surface area contributed by atoms with E-state index in [2.05, 4.69) is 22.2 Å². The van der Waals surface area contributed by atoms with Gasteiger partial charge >= 0.3 is 0 Å². The smallest absolute Gasteiger partial charge is 0.256 e. The van der Waals surface area contributed by atoms with Crippen molar-refractivity contribution in [2.75, 3.05) is 25.0 Å². The van der Waals surface area contributed by atoms with Crippen LogP contribution in [0.25, 0.3) is 0 Å². The van der Waals surface area contributed by atoms with Crippen molar-refractivity contribution in [1.82, 2.24) is 14.9 Å². The number of unbranched alkanes of at least 4 members (excludes halogenated alkanes) is 2. The second-order valence-electron chi connectivity index (χ2n) is 5.28. The van der Waals surface area contributed by atoms with Crippen molar-refractivity contribution in [3.63, 3.8) is 0 Å². The Balaban J connectivity index is 1.85. The van der Waals surface area contributed by atoms with Crippen LogP contribution in [0.3, 0.4) is 0 Å². The van der Waals surface area contributed by atoms with E-state index < -0.39 is 0 Å². The van der Waals surface area contributed by atoms with Crippen LogP contribution >= 0.6 is 0 Å². The molecule has 0 unspecified atom stereocenters. The maximum atomic E-state index is 12.2. The molecule has 0 spiro atoms. The highest BCUT2D eigenvalue weighted by atomic mass is 16.2. The van der Waals surface area contributed by atoms with E-state index in [0.29, 0.717) is 11.5 Å². The van der Waals surface area contributed by atoms with E-state index in [9.17, 15) is 4.79 Å². The van der Waals surface area contributed by atoms with E-state index in [0.717, 1.165) is 38.9 Å². The zero-order valence-electron chi connectivity index (χ0n) is 12.3. The molecule has 0 saturated carbocycles. The molecule has 1 aliphatic rings. The van der Waals surface area contributed by atoms with E-state index in [1.54, 1.807) is 12.4 Å². The first-order valence-corrected chi connectivity index (χ1v) is 7.66. The third kappa shape index (κ3) is 4.18. The van der Waals surface area contributed by atoms with Gasteiger partial charge in [-0.3, -0.25) is 4.79 Å². The summed E-state index contributed by atoms with van der Waals surface area (Å²) < 4.78 is 0. The zero-order valence-corrected chi connectivity index (χ0v) is 12.3. The number of nitrogens with one attached hydrogen (secondary N) is 1. The first-order chi connectivity index (χ1) is 9.81. The topological polar surface area (TPSA) is 58.1 Å². The summed E-state index contributed by atoms with van der Waals surface area (Å²) in [6.07, 6.45) is 10.2. The molecule has 0 bridgehead atoms. The molecule has 1 fully saturated rings. The second kappa shape index (κ2) is 7.82. The lowest BCUT2D eigenvalue weighted by Gasteiger charge is -2.26. The molecule has 1 saturated heterocycles. The van der Waals surface area contributed by atoms with Gasteiger partial charge in [-0.1, -0.05) is 19.8 Å². The van der Waals surface area contributed by atoms with Crippen molar-refractivity contribution in [2.45, 2.75) is 45.4 Å². The summed E-state index contributed by atoms with van der Waals surface area (Å²) in [7, 11) is 0. The van der Waals surface area contributed by atoms with Crippen LogP contribution in [-0.2, 0) is 0 Å². The van der Waals surface area contributed by atoms with Crippen molar-refractivity contribution in [3.8, 4) is 0 Å². The summed E-state index contributed by atoms with van der Waals surface area (Å²) in [6.45, 7) is 4.77. The van der Waals surface area contributed by atoms with E-state index in [1.165, 1.54) is 19.3 Å². The molecular formula is C15H24N4O. The van der Waals surface area contributed by atoms with E-state index >= 15 is 0 Å². The number of carbonyl (C=O) groups is 1. The lowest BCUT2D eigenvalue weighted by molar-refractivity contribution is 0.0723. The summed E-state index contributed by atoms with van der Waals surface area (Å²) in [5.74, 6) is 0.665. The first kappa shape index (κ1) is 14.8. The Morgan fingerprint density at radius 2 is 1.90 bits per heavy atom. The standard InChI is InChI=1S/C15H24N4O/c1-2-3-5-8-16-15-17-11-13(12-18-15)14(20)19-9-6-4-7-10-19/h11-12H,2-10H2,1H3,(H,16,17,18). The molecule has 5 nitrogen and oxygen atoms in total. The summed E-state index contributed by atoms with van der Waals surface area (Å²) in [6, 6.07) is 0. The second-order valence-corrected chi connectivity index (χ2v) is 5.28. The average molecular weight is 276 g/mol. The quantitative estimate of drug-likeness (QED) is 0.812. The SMILES string of the molecule is CCCCCNc1ncc(C(=O)N2CCCCC2)cn1. The highest BCUT2D eigenvalue weighted by Gasteiger charge is 2.18. The molecule has 0 atom stereocenters. The average Bonchev–Trinajstić information content (AvgIpc) is 2.52. The van der Waals surface area contributed by atoms with Crippen LogP contribution in [0.5, 0.6) is 0 Å². The van der Waals surface area contributed by atoms with Gasteiger partial charge in [-0.2, -0.15) is 0 Å². The molecule has 0 radical (unpaired) electrons. The first-order valence-electron chi connectivity index (χ1n) is 7.66. The number of hydrogen-bond donors (Lipinski definition) is 1. The molecule has 2 rings (SSSR count). The lowest BCUT2D eigenvalue weighted by Crippen LogP contribution is -2.35. The number of carbonyl (C=O) groups excluding carboxylic acids is 1. The number of amides is 1. The molecule has 1 aromatic heterocycles. The third-order valence-electron chi connectivity index (χ3n) is 3.61. The Kier molecular flexibility index (Phi) is 5.77. The predicted molar refractivity (Wildman–Crippen MR) is 79.8 cm³/mol. The number of nitrogens with zero attached hydrogens (tertiary/aromatic N) is 3. The fraction of sp³-hybridized carbons (Fsp3) is 0.667. The maximum Gasteiger partial charge on any atom is 0.256 e. The van der Waals surface area contributed by atoms with Gasteiger partial charge in [0.2, 0.25) is 5.95 Å². The van der Waals surface area contributed by atoms with Gasteiger partial charge in [0.05, 0.1) is 5.56 Å². The molecule has 1 amide bonds. The van der Waals surface area contributed by atoms with Crippen molar-refractivity contribution < 1.29 is 4.79 Å². The minimum Gasteiger partial charge on any atom is -0.354 e. The van der Waals surface area contributed by atoms with E-state index in [-0.39, 0.29) is 5.91 Å². The molecule has 1 aliphatic heterocycles. The normalized spacial score (nSPS) is 15.2. The Labute approximate surface area is 120 Å². The van der Waals surface area contributed by atoms with Crippen LogP contribution in [-0.4, -0.2) is 40.4 Å². The molecule has 20 heavy (non-hydrogen) atoms. The minimum absolute atomic E-state index is 0.0576. The lowest BCUT2D eigenvalue weighted by atomic mass is 10.1. The fourth-order valence-electron chi connectivity index (χ4n) is 2.38. The predicted octanol–water partition coefficient (Wildman–Crippen LogP) is 2.70. The van der Waals surface area contributed by atoms with Crippen LogP contribution in [0.4, 0.5) is 5.95 Å². The van der Waals surface area contributed by atoms with Gasteiger partial charge in [0, 0.05) is 32.0 Å². The molecule has 1 aromatic rings. The van der Waals surface area contributed by atoms with Crippen molar-refractivity contribution >= 4 is 11.9 Å². The highest BCUT2D eigenvalue weighted by molar-refractivity contribution is 5.93. The number of hydrogen-bond acceptors (Lipinski definition) is 4. The molecule has 0 aliphatic carbocycles. The van der Waals surface area contributed by atoms with Crippen LogP contribution in [0.2, 0.25) is 0 Å². The molecular weight excluding hydrogens is 252 g/mol. The third-order valence-corrected chi connectivity index (χ3v) is 3.61. The van der Waals surface area contributed by atoms with Crippen LogP contribution < -0.4 is 5.32 Å². The largest absolute Gasteiger partial charge is 0.354 e. The van der Waals surface area contributed by atoms with Crippen molar-refractivity contribution in [3.05, 3.63) is 18.0 Å². The molecule has 1 N–H and O–H groups in total. The van der Waals surface area contributed by atoms with Crippen molar-refractivity contribution in [2.24, 2.45) is 0 Å². The van der Waals surface area contributed by atoms with Gasteiger partial charge in [-0.05, 0) is 25.7 Å².